The minimum absolute atomic E-state index is 0.703. The van der Waals surface area contributed by atoms with Crippen molar-refractivity contribution in [2.75, 3.05) is 0 Å². The lowest BCUT2D eigenvalue weighted by Gasteiger charge is -2.03. The van der Waals surface area contributed by atoms with Crippen molar-refractivity contribution >= 4 is 34.3 Å². The molecule has 2 nitrogen and oxygen atoms in total. The van der Waals surface area contributed by atoms with Crippen molar-refractivity contribution in [3.63, 3.8) is 0 Å². The molecule has 118 valence electrons. The predicted molar refractivity (Wildman–Crippen MR) is 99.6 cm³/mol. The number of halogens is 2. The average molecular weight is 354 g/mol. The Bertz CT molecular complexity index is 1020. The Hall–Kier alpha value is -2.29. The van der Waals surface area contributed by atoms with Gasteiger partial charge in [0.15, 0.2) is 5.58 Å². The predicted octanol–water partition coefficient (Wildman–Crippen LogP) is 6.78. The maximum Gasteiger partial charge on any atom is 0.156 e. The van der Waals surface area contributed by atoms with Crippen molar-refractivity contribution < 1.29 is 4.42 Å². The first-order valence-corrected chi connectivity index (χ1v) is 8.29. The van der Waals surface area contributed by atoms with Gasteiger partial charge in [-0.3, -0.25) is 0 Å². The lowest BCUT2D eigenvalue weighted by Crippen LogP contribution is -1.86. The first-order valence-electron chi connectivity index (χ1n) is 7.53. The van der Waals surface area contributed by atoms with Crippen molar-refractivity contribution in [2.45, 2.75) is 6.92 Å². The number of rotatable bonds is 2. The monoisotopic (exact) mass is 353 g/mol. The molecule has 0 saturated heterocycles. The largest absolute Gasteiger partial charge is 0.454 e. The van der Waals surface area contributed by atoms with Gasteiger partial charge in [-0.25, -0.2) is 4.98 Å². The summed E-state index contributed by atoms with van der Waals surface area (Å²) in [5.41, 5.74) is 5.59. The molecule has 0 atom stereocenters. The number of hydrogen-bond donors (Lipinski definition) is 0. The van der Waals surface area contributed by atoms with E-state index in [0.29, 0.717) is 10.0 Å². The van der Waals surface area contributed by atoms with Gasteiger partial charge in [0.2, 0.25) is 0 Å². The summed E-state index contributed by atoms with van der Waals surface area (Å²) < 4.78 is 6.01. The number of furan rings is 1. The zero-order valence-electron chi connectivity index (χ0n) is 12.9. The van der Waals surface area contributed by atoms with Crippen LogP contribution in [0.3, 0.4) is 0 Å². The molecule has 2 aromatic heterocycles. The average Bonchev–Trinajstić information content (AvgIpc) is 3.01. The van der Waals surface area contributed by atoms with Gasteiger partial charge in [0.25, 0.3) is 0 Å². The highest BCUT2D eigenvalue weighted by Crippen LogP contribution is 2.32. The normalized spacial score (nSPS) is 11.1. The molecular weight excluding hydrogens is 341 g/mol. The fraction of sp³-hybridized carbons (Fsp3) is 0.0500. The lowest BCUT2D eigenvalue weighted by molar-refractivity contribution is 0.628. The highest BCUT2D eigenvalue weighted by atomic mass is 35.5. The quantitative estimate of drug-likeness (QED) is 0.397. The molecule has 0 radical (unpaired) electrons. The van der Waals surface area contributed by atoms with Crippen molar-refractivity contribution in [1.29, 1.82) is 0 Å². The molecule has 0 aliphatic heterocycles. The summed E-state index contributed by atoms with van der Waals surface area (Å²) in [5.74, 6) is 0.783. The Kier molecular flexibility index (Phi) is 3.79. The molecule has 0 bridgehead atoms. The van der Waals surface area contributed by atoms with Crippen molar-refractivity contribution in [3.05, 3.63) is 76.3 Å². The van der Waals surface area contributed by atoms with E-state index in [1.165, 1.54) is 0 Å². The maximum absolute atomic E-state index is 6.01. The minimum atomic E-state index is 0.703. The molecule has 0 fully saturated rings. The van der Waals surface area contributed by atoms with Crippen LogP contribution in [0.25, 0.3) is 33.7 Å². The third-order valence-electron chi connectivity index (χ3n) is 3.93. The summed E-state index contributed by atoms with van der Waals surface area (Å²) in [6.07, 6.45) is 0. The van der Waals surface area contributed by atoms with Crippen LogP contribution in [-0.4, -0.2) is 4.98 Å². The molecule has 0 amide bonds. The summed E-state index contributed by atoms with van der Waals surface area (Å²) in [6.45, 7) is 2.03. The van der Waals surface area contributed by atoms with Crippen LogP contribution in [0.1, 0.15) is 5.56 Å². The molecule has 24 heavy (non-hydrogen) atoms. The third kappa shape index (κ3) is 2.79. The molecule has 0 unspecified atom stereocenters. The van der Waals surface area contributed by atoms with E-state index >= 15 is 0 Å². The van der Waals surface area contributed by atoms with Gasteiger partial charge < -0.3 is 4.42 Å². The Morgan fingerprint density at radius 1 is 0.792 bits per heavy atom. The molecule has 0 saturated carbocycles. The van der Waals surface area contributed by atoms with Crippen LogP contribution in [-0.2, 0) is 0 Å². The van der Waals surface area contributed by atoms with Crippen LogP contribution < -0.4 is 0 Å². The molecule has 2 heterocycles. The molecular formula is C20H13Cl2NO. The molecule has 0 N–H and O–H groups in total. The second-order valence-corrected chi connectivity index (χ2v) is 6.54. The van der Waals surface area contributed by atoms with E-state index in [4.69, 9.17) is 32.6 Å². The number of benzene rings is 2. The molecule has 2 aromatic carbocycles. The molecule has 4 aromatic rings. The van der Waals surface area contributed by atoms with Gasteiger partial charge in [0.05, 0.1) is 5.69 Å². The topological polar surface area (TPSA) is 26.0 Å². The van der Waals surface area contributed by atoms with Crippen LogP contribution in [0.2, 0.25) is 10.0 Å². The van der Waals surface area contributed by atoms with E-state index in [2.05, 4.69) is 0 Å². The Morgan fingerprint density at radius 3 is 2.00 bits per heavy atom. The summed E-state index contributed by atoms with van der Waals surface area (Å²) in [5, 5.41) is 1.42. The fourth-order valence-electron chi connectivity index (χ4n) is 2.70. The molecule has 4 rings (SSSR count). The van der Waals surface area contributed by atoms with E-state index in [-0.39, 0.29) is 0 Å². The second kappa shape index (κ2) is 5.97. The molecule has 0 aliphatic carbocycles. The van der Waals surface area contributed by atoms with Gasteiger partial charge in [0, 0.05) is 27.2 Å². The van der Waals surface area contributed by atoms with Gasteiger partial charge in [-0.15, -0.1) is 0 Å². The van der Waals surface area contributed by atoms with E-state index in [0.717, 1.165) is 39.2 Å². The summed E-state index contributed by atoms with van der Waals surface area (Å²) in [6, 6.07) is 19.2. The van der Waals surface area contributed by atoms with E-state index in [1.54, 1.807) is 0 Å². The van der Waals surface area contributed by atoms with Gasteiger partial charge in [0.1, 0.15) is 11.3 Å². The highest BCUT2D eigenvalue weighted by molar-refractivity contribution is 6.30. The van der Waals surface area contributed by atoms with Crippen molar-refractivity contribution in [3.8, 4) is 22.6 Å². The van der Waals surface area contributed by atoms with E-state index in [1.807, 2.05) is 67.6 Å². The van der Waals surface area contributed by atoms with Crippen LogP contribution in [0.4, 0.5) is 0 Å². The van der Waals surface area contributed by atoms with Gasteiger partial charge >= 0.3 is 0 Å². The zero-order chi connectivity index (χ0) is 16.7. The number of hydrogen-bond acceptors (Lipinski definition) is 2. The Morgan fingerprint density at radius 2 is 1.38 bits per heavy atom. The number of nitrogens with zero attached hydrogens (tertiary/aromatic N) is 1. The van der Waals surface area contributed by atoms with E-state index < -0.39 is 0 Å². The van der Waals surface area contributed by atoms with Crippen molar-refractivity contribution in [1.82, 2.24) is 4.98 Å². The van der Waals surface area contributed by atoms with E-state index in [9.17, 15) is 0 Å². The fourth-order valence-corrected chi connectivity index (χ4v) is 2.96. The zero-order valence-corrected chi connectivity index (χ0v) is 14.4. The summed E-state index contributed by atoms with van der Waals surface area (Å²) in [7, 11) is 0. The molecule has 0 spiro atoms. The third-order valence-corrected chi connectivity index (χ3v) is 4.44. The SMILES string of the molecule is Cc1cc(-c2ccc(Cl)cc2)nc2cc(-c3ccc(Cl)cc3)oc12. The van der Waals surface area contributed by atoms with Gasteiger partial charge in [-0.2, -0.15) is 0 Å². The number of fused-ring (bicyclic) bond motifs is 1. The minimum Gasteiger partial charge on any atom is -0.454 e. The number of pyridine rings is 1. The first-order chi connectivity index (χ1) is 11.6. The molecule has 4 heteroatoms. The van der Waals surface area contributed by atoms with Crippen LogP contribution in [0.5, 0.6) is 0 Å². The smallest absolute Gasteiger partial charge is 0.156 e. The number of aromatic nitrogens is 1. The highest BCUT2D eigenvalue weighted by Gasteiger charge is 2.12. The second-order valence-electron chi connectivity index (χ2n) is 5.66. The van der Waals surface area contributed by atoms with Crippen molar-refractivity contribution in [2.24, 2.45) is 0 Å². The summed E-state index contributed by atoms with van der Waals surface area (Å²) in [4.78, 5) is 4.74. The Labute approximate surface area is 149 Å². The van der Waals surface area contributed by atoms with Crippen LogP contribution in [0, 0.1) is 6.92 Å². The number of aryl methyl sites for hydroxylation is 1. The van der Waals surface area contributed by atoms with Crippen LogP contribution >= 0.6 is 23.2 Å². The van der Waals surface area contributed by atoms with Gasteiger partial charge in [-0.05, 0) is 55.0 Å². The van der Waals surface area contributed by atoms with Crippen LogP contribution in [0.15, 0.2) is 65.1 Å². The standard InChI is InChI=1S/C20H13Cl2NO/c1-12-10-17(13-2-6-15(21)7-3-13)23-18-11-19(24-20(12)18)14-4-8-16(22)9-5-14/h2-11H,1H3. The summed E-state index contributed by atoms with van der Waals surface area (Å²) >= 11 is 11.9. The Balaban J connectivity index is 1.83. The molecule has 0 aliphatic rings. The lowest BCUT2D eigenvalue weighted by atomic mass is 10.1. The maximum atomic E-state index is 6.01. The first kappa shape index (κ1) is 15.3. The van der Waals surface area contributed by atoms with Gasteiger partial charge in [-0.1, -0.05) is 35.3 Å².